The van der Waals surface area contributed by atoms with Gasteiger partial charge in [-0.3, -0.25) is 4.79 Å². The lowest BCUT2D eigenvalue weighted by Gasteiger charge is -2.07. The predicted molar refractivity (Wildman–Crippen MR) is 113 cm³/mol. The zero-order valence-corrected chi connectivity index (χ0v) is 17.1. The van der Waals surface area contributed by atoms with E-state index >= 15 is 0 Å². The molecule has 0 radical (unpaired) electrons. The Kier molecular flexibility index (Phi) is 5.85. The second-order valence-corrected chi connectivity index (χ2v) is 7.13. The van der Waals surface area contributed by atoms with E-state index < -0.39 is 0 Å². The quantitative estimate of drug-likeness (QED) is 0.423. The van der Waals surface area contributed by atoms with Crippen molar-refractivity contribution in [1.82, 2.24) is 25.1 Å². The SMILES string of the molecule is O=C(NCCn1ncc2c(NCCc3ccccc3)ncnc21)c1ccc(Br)o1. The Morgan fingerprint density at radius 3 is 2.76 bits per heavy atom. The van der Waals surface area contributed by atoms with Crippen molar-refractivity contribution in [1.29, 1.82) is 0 Å². The minimum Gasteiger partial charge on any atom is -0.444 e. The predicted octanol–water partition coefficient (Wildman–Crippen LogP) is 3.27. The third-order valence-electron chi connectivity index (χ3n) is 4.39. The van der Waals surface area contributed by atoms with Crippen LogP contribution < -0.4 is 10.6 Å². The number of halogens is 1. The number of carbonyl (C=O) groups is 1. The van der Waals surface area contributed by atoms with Crippen molar-refractivity contribution in [3.05, 3.63) is 71.0 Å². The molecule has 3 heterocycles. The Morgan fingerprint density at radius 1 is 1.10 bits per heavy atom. The molecule has 0 saturated heterocycles. The minimum atomic E-state index is -0.273. The van der Waals surface area contributed by atoms with Crippen LogP contribution in [0.3, 0.4) is 0 Å². The van der Waals surface area contributed by atoms with Crippen LogP contribution >= 0.6 is 15.9 Å². The molecule has 1 amide bonds. The summed E-state index contributed by atoms with van der Waals surface area (Å²) >= 11 is 3.18. The van der Waals surface area contributed by atoms with Crippen LogP contribution in [-0.2, 0) is 13.0 Å². The number of nitrogens with zero attached hydrogens (tertiary/aromatic N) is 4. The highest BCUT2D eigenvalue weighted by Gasteiger charge is 2.12. The van der Waals surface area contributed by atoms with Gasteiger partial charge in [0.25, 0.3) is 5.91 Å². The number of hydrogen-bond donors (Lipinski definition) is 2. The van der Waals surface area contributed by atoms with Crippen LogP contribution in [-0.4, -0.2) is 38.7 Å². The van der Waals surface area contributed by atoms with E-state index in [1.807, 2.05) is 18.2 Å². The first-order valence-corrected chi connectivity index (χ1v) is 9.98. The number of fused-ring (bicyclic) bond motifs is 1. The number of aromatic nitrogens is 4. The average Bonchev–Trinajstić information content (AvgIpc) is 3.36. The Hall–Kier alpha value is -3.20. The Morgan fingerprint density at radius 2 is 1.97 bits per heavy atom. The van der Waals surface area contributed by atoms with E-state index in [9.17, 15) is 4.79 Å². The van der Waals surface area contributed by atoms with Gasteiger partial charge in [0.2, 0.25) is 0 Å². The molecule has 0 unspecified atom stereocenters. The van der Waals surface area contributed by atoms with Crippen molar-refractivity contribution in [2.24, 2.45) is 0 Å². The summed E-state index contributed by atoms with van der Waals surface area (Å²) in [5, 5.41) is 11.4. The Balaban J connectivity index is 1.36. The summed E-state index contributed by atoms with van der Waals surface area (Å²) in [6.45, 7) is 1.64. The molecule has 0 aliphatic rings. The molecule has 4 rings (SSSR count). The Bertz CT molecular complexity index is 1110. The van der Waals surface area contributed by atoms with Gasteiger partial charge in [-0.25, -0.2) is 14.6 Å². The molecule has 0 fully saturated rings. The van der Waals surface area contributed by atoms with Gasteiger partial charge in [-0.15, -0.1) is 0 Å². The topological polar surface area (TPSA) is 97.9 Å². The summed E-state index contributed by atoms with van der Waals surface area (Å²) < 4.78 is 7.51. The number of nitrogens with one attached hydrogen (secondary N) is 2. The van der Waals surface area contributed by atoms with Crippen molar-refractivity contribution in [3.8, 4) is 0 Å². The van der Waals surface area contributed by atoms with Crippen molar-refractivity contribution in [3.63, 3.8) is 0 Å². The summed E-state index contributed by atoms with van der Waals surface area (Å²) in [6.07, 6.45) is 4.16. The van der Waals surface area contributed by atoms with Gasteiger partial charge in [0.1, 0.15) is 12.1 Å². The van der Waals surface area contributed by atoms with Crippen LogP contribution in [0.5, 0.6) is 0 Å². The third-order valence-corrected chi connectivity index (χ3v) is 4.81. The summed E-state index contributed by atoms with van der Waals surface area (Å²) in [5.74, 6) is 0.737. The summed E-state index contributed by atoms with van der Waals surface area (Å²) in [4.78, 5) is 20.7. The van der Waals surface area contributed by atoms with Gasteiger partial charge in [0, 0.05) is 13.1 Å². The monoisotopic (exact) mass is 454 g/mol. The highest BCUT2D eigenvalue weighted by atomic mass is 79.9. The molecule has 29 heavy (non-hydrogen) atoms. The minimum absolute atomic E-state index is 0.259. The van der Waals surface area contributed by atoms with E-state index in [-0.39, 0.29) is 11.7 Å². The molecule has 3 aromatic heterocycles. The first-order chi connectivity index (χ1) is 14.2. The fourth-order valence-electron chi connectivity index (χ4n) is 2.97. The lowest BCUT2D eigenvalue weighted by Crippen LogP contribution is -2.27. The molecule has 0 aliphatic carbocycles. The molecule has 148 valence electrons. The van der Waals surface area contributed by atoms with E-state index in [1.54, 1.807) is 23.0 Å². The van der Waals surface area contributed by atoms with E-state index in [0.29, 0.717) is 17.8 Å². The molecule has 0 bridgehead atoms. The normalized spacial score (nSPS) is 10.9. The number of benzene rings is 1. The molecule has 9 heteroatoms. The van der Waals surface area contributed by atoms with Crippen molar-refractivity contribution < 1.29 is 9.21 Å². The van der Waals surface area contributed by atoms with E-state index in [0.717, 1.165) is 29.8 Å². The van der Waals surface area contributed by atoms with Crippen LogP contribution in [0, 0.1) is 0 Å². The van der Waals surface area contributed by atoms with Gasteiger partial charge in [-0.2, -0.15) is 5.10 Å². The lowest BCUT2D eigenvalue weighted by atomic mass is 10.1. The molecule has 2 N–H and O–H groups in total. The molecule has 0 atom stereocenters. The van der Waals surface area contributed by atoms with E-state index in [2.05, 4.69) is 53.8 Å². The molecule has 0 aliphatic heterocycles. The van der Waals surface area contributed by atoms with E-state index in [1.165, 1.54) is 11.9 Å². The number of furan rings is 1. The number of anilines is 1. The van der Waals surface area contributed by atoms with Crippen LogP contribution in [0.1, 0.15) is 16.1 Å². The van der Waals surface area contributed by atoms with Gasteiger partial charge >= 0.3 is 0 Å². The van der Waals surface area contributed by atoms with Gasteiger partial charge in [-0.05, 0) is 40.0 Å². The van der Waals surface area contributed by atoms with E-state index in [4.69, 9.17) is 4.42 Å². The maximum atomic E-state index is 12.0. The summed E-state index contributed by atoms with van der Waals surface area (Å²) in [7, 11) is 0. The van der Waals surface area contributed by atoms with Crippen LogP contribution in [0.2, 0.25) is 0 Å². The number of hydrogen-bond acceptors (Lipinski definition) is 6. The smallest absolute Gasteiger partial charge is 0.287 e. The largest absolute Gasteiger partial charge is 0.444 e. The summed E-state index contributed by atoms with van der Waals surface area (Å²) in [6, 6.07) is 13.6. The molecule has 0 saturated carbocycles. The molecule has 8 nitrogen and oxygen atoms in total. The average molecular weight is 455 g/mol. The fraction of sp³-hybridized carbons (Fsp3) is 0.200. The maximum Gasteiger partial charge on any atom is 0.287 e. The first-order valence-electron chi connectivity index (χ1n) is 9.18. The van der Waals surface area contributed by atoms with Gasteiger partial charge < -0.3 is 15.1 Å². The molecule has 1 aromatic carbocycles. The Labute approximate surface area is 175 Å². The van der Waals surface area contributed by atoms with Crippen molar-refractivity contribution in [2.75, 3.05) is 18.4 Å². The highest BCUT2D eigenvalue weighted by Crippen LogP contribution is 2.18. The molecular formula is C20H19BrN6O2. The van der Waals surface area contributed by atoms with Crippen LogP contribution in [0.15, 0.2) is 64.1 Å². The second kappa shape index (κ2) is 8.87. The van der Waals surface area contributed by atoms with Crippen molar-refractivity contribution in [2.45, 2.75) is 13.0 Å². The molecular weight excluding hydrogens is 436 g/mol. The molecule has 4 aromatic rings. The van der Waals surface area contributed by atoms with Crippen LogP contribution in [0.4, 0.5) is 5.82 Å². The van der Waals surface area contributed by atoms with Gasteiger partial charge in [0.05, 0.1) is 18.1 Å². The molecule has 0 spiro atoms. The lowest BCUT2D eigenvalue weighted by molar-refractivity contribution is 0.0923. The zero-order valence-electron chi connectivity index (χ0n) is 15.5. The maximum absolute atomic E-state index is 12.0. The first kappa shape index (κ1) is 19.1. The van der Waals surface area contributed by atoms with Gasteiger partial charge in [-0.1, -0.05) is 30.3 Å². The number of carbonyl (C=O) groups excluding carboxylic acids is 1. The summed E-state index contributed by atoms with van der Waals surface area (Å²) in [5.41, 5.74) is 1.98. The fourth-order valence-corrected chi connectivity index (χ4v) is 3.27. The van der Waals surface area contributed by atoms with Crippen molar-refractivity contribution >= 4 is 38.7 Å². The highest BCUT2D eigenvalue weighted by molar-refractivity contribution is 9.10. The van der Waals surface area contributed by atoms with Gasteiger partial charge in [0.15, 0.2) is 16.1 Å². The number of rotatable bonds is 8. The third kappa shape index (κ3) is 4.62. The van der Waals surface area contributed by atoms with Crippen LogP contribution in [0.25, 0.3) is 11.0 Å². The standard InChI is InChI=1S/C20H19BrN6O2/c21-17-7-6-16(29-17)20(28)23-10-11-27-19-15(12-26-27)18(24-13-25-19)22-9-8-14-4-2-1-3-5-14/h1-7,12-13H,8-11H2,(H,23,28)(H,22,24,25). The number of amides is 1. The second-order valence-electron chi connectivity index (χ2n) is 6.35. The zero-order chi connectivity index (χ0) is 20.1.